The van der Waals surface area contributed by atoms with E-state index in [9.17, 15) is 5.11 Å². The zero-order chi connectivity index (χ0) is 15.0. The highest BCUT2D eigenvalue weighted by Gasteiger charge is 2.45. The van der Waals surface area contributed by atoms with Crippen LogP contribution in [0.25, 0.3) is 11.0 Å². The summed E-state index contributed by atoms with van der Waals surface area (Å²) in [6.07, 6.45) is 3.87. The zero-order valence-corrected chi connectivity index (χ0v) is 12.7. The maximum absolute atomic E-state index is 9.56. The lowest BCUT2D eigenvalue weighted by molar-refractivity contribution is -0.0522. The van der Waals surface area contributed by atoms with Gasteiger partial charge in [-0.05, 0) is 12.5 Å². The van der Waals surface area contributed by atoms with Crippen molar-refractivity contribution < 1.29 is 14.6 Å². The van der Waals surface area contributed by atoms with Crippen molar-refractivity contribution in [3.63, 3.8) is 0 Å². The number of nitrogens with zero attached hydrogens (tertiary/aromatic N) is 3. The topological polar surface area (TPSA) is 69.4 Å². The highest BCUT2D eigenvalue weighted by Crippen LogP contribution is 2.40. The van der Waals surface area contributed by atoms with Crippen molar-refractivity contribution in [3.05, 3.63) is 23.7 Å². The van der Waals surface area contributed by atoms with Gasteiger partial charge < -0.3 is 19.1 Å². The zero-order valence-electron chi connectivity index (χ0n) is 11.9. The maximum atomic E-state index is 9.56. The van der Waals surface area contributed by atoms with Crippen LogP contribution >= 0.6 is 11.6 Å². The molecular formula is C14H18ClN3O3. The molecule has 114 valence electrons. The van der Waals surface area contributed by atoms with Gasteiger partial charge in [-0.2, -0.15) is 0 Å². The molecule has 21 heavy (non-hydrogen) atoms. The summed E-state index contributed by atoms with van der Waals surface area (Å²) < 4.78 is 13.2. The number of ether oxygens (including phenoxy) is 2. The summed E-state index contributed by atoms with van der Waals surface area (Å²) in [5.74, 6) is 0.0414. The van der Waals surface area contributed by atoms with Crippen LogP contribution in [0.3, 0.4) is 0 Å². The molecule has 2 aromatic rings. The van der Waals surface area contributed by atoms with Gasteiger partial charge in [0, 0.05) is 32.9 Å². The van der Waals surface area contributed by atoms with Crippen molar-refractivity contribution in [2.45, 2.75) is 24.7 Å². The minimum absolute atomic E-state index is 0.0414. The predicted molar refractivity (Wildman–Crippen MR) is 78.4 cm³/mol. The van der Waals surface area contributed by atoms with Gasteiger partial charge in [-0.25, -0.2) is 9.97 Å². The van der Waals surface area contributed by atoms with E-state index in [1.807, 2.05) is 16.8 Å². The second kappa shape index (κ2) is 5.88. The number of aliphatic hydroxyl groups excluding tert-OH is 1. The summed E-state index contributed by atoms with van der Waals surface area (Å²) >= 11 is 6.10. The second-order valence-electron chi connectivity index (χ2n) is 5.27. The summed E-state index contributed by atoms with van der Waals surface area (Å²) in [6.45, 7) is 0.0732. The van der Waals surface area contributed by atoms with Gasteiger partial charge in [-0.15, -0.1) is 0 Å². The number of aliphatic hydroxyl groups is 1. The predicted octanol–water partition coefficient (Wildman–Crippen LogP) is 1.67. The van der Waals surface area contributed by atoms with E-state index in [1.165, 1.54) is 6.33 Å². The summed E-state index contributed by atoms with van der Waals surface area (Å²) in [4.78, 5) is 8.32. The van der Waals surface area contributed by atoms with Crippen LogP contribution in [0.2, 0.25) is 5.15 Å². The molecule has 1 saturated carbocycles. The molecule has 0 aromatic carbocycles. The van der Waals surface area contributed by atoms with E-state index in [4.69, 9.17) is 21.1 Å². The Morgan fingerprint density at radius 1 is 1.33 bits per heavy atom. The smallest absolute Gasteiger partial charge is 0.145 e. The van der Waals surface area contributed by atoms with Crippen LogP contribution in [0, 0.1) is 5.92 Å². The fourth-order valence-corrected chi connectivity index (χ4v) is 3.53. The summed E-state index contributed by atoms with van der Waals surface area (Å²) in [6, 6.07) is 1.94. The molecule has 1 fully saturated rings. The van der Waals surface area contributed by atoms with Crippen LogP contribution in [0.15, 0.2) is 18.6 Å². The van der Waals surface area contributed by atoms with Gasteiger partial charge in [0.1, 0.15) is 23.2 Å². The summed E-state index contributed by atoms with van der Waals surface area (Å²) in [7, 11) is 3.31. The van der Waals surface area contributed by atoms with Crippen LogP contribution < -0.4 is 0 Å². The van der Waals surface area contributed by atoms with Gasteiger partial charge in [-0.3, -0.25) is 0 Å². The SMILES string of the molecule is CO[C@@H]1[C@@H](CO)C[C@@H](n2ccc3c(Cl)ncnc32)[C@@H]1OC. The number of methoxy groups -OCH3 is 2. The first-order valence-electron chi connectivity index (χ1n) is 6.84. The number of rotatable bonds is 4. The van der Waals surface area contributed by atoms with Crippen LogP contribution in [0.1, 0.15) is 12.5 Å². The molecule has 1 aliphatic rings. The third kappa shape index (κ3) is 2.32. The second-order valence-corrected chi connectivity index (χ2v) is 5.63. The number of aromatic nitrogens is 3. The van der Waals surface area contributed by atoms with Gasteiger partial charge in [-0.1, -0.05) is 11.6 Å². The largest absolute Gasteiger partial charge is 0.396 e. The lowest BCUT2D eigenvalue weighted by Crippen LogP contribution is -2.34. The Balaban J connectivity index is 2.03. The Morgan fingerprint density at radius 3 is 2.76 bits per heavy atom. The van der Waals surface area contributed by atoms with Gasteiger partial charge in [0.15, 0.2) is 0 Å². The van der Waals surface area contributed by atoms with Crippen molar-refractivity contribution in [1.82, 2.24) is 14.5 Å². The van der Waals surface area contributed by atoms with Gasteiger partial charge in [0.2, 0.25) is 0 Å². The standard InChI is InChI=1S/C14H18ClN3O3/c1-20-11-8(6-19)5-10(12(11)21-2)18-4-3-9-13(15)16-7-17-14(9)18/h3-4,7-8,10-12,19H,5-6H2,1-2H3/t8-,10-,11-,12+/m1/s1. The summed E-state index contributed by atoms with van der Waals surface area (Å²) in [5, 5.41) is 10.8. The van der Waals surface area contributed by atoms with Crippen molar-refractivity contribution in [2.24, 2.45) is 5.92 Å². The first kappa shape index (κ1) is 14.7. The van der Waals surface area contributed by atoms with Crippen LogP contribution in [0.5, 0.6) is 0 Å². The number of hydrogen-bond donors (Lipinski definition) is 1. The first-order chi connectivity index (χ1) is 10.2. The molecule has 6 nitrogen and oxygen atoms in total. The molecule has 0 saturated heterocycles. The van der Waals surface area contributed by atoms with Crippen molar-refractivity contribution in [3.8, 4) is 0 Å². The van der Waals surface area contributed by atoms with Crippen LogP contribution in [-0.4, -0.2) is 52.7 Å². The Hall–Kier alpha value is -1.21. The Kier molecular flexibility index (Phi) is 4.12. The first-order valence-corrected chi connectivity index (χ1v) is 7.22. The van der Waals surface area contributed by atoms with E-state index in [1.54, 1.807) is 14.2 Å². The molecule has 2 heterocycles. The molecule has 0 spiro atoms. The molecule has 3 rings (SSSR count). The lowest BCUT2D eigenvalue weighted by Gasteiger charge is -2.25. The highest BCUT2D eigenvalue weighted by molar-refractivity contribution is 6.33. The molecule has 4 atom stereocenters. The molecule has 1 N–H and O–H groups in total. The fourth-order valence-electron chi connectivity index (χ4n) is 3.34. The number of hydrogen-bond acceptors (Lipinski definition) is 5. The van der Waals surface area contributed by atoms with Crippen LogP contribution in [0.4, 0.5) is 0 Å². The maximum Gasteiger partial charge on any atom is 0.145 e. The Labute approximate surface area is 127 Å². The highest BCUT2D eigenvalue weighted by atomic mass is 35.5. The Morgan fingerprint density at radius 2 is 2.10 bits per heavy atom. The molecule has 0 unspecified atom stereocenters. The number of halogens is 1. The molecule has 0 amide bonds. The Bertz CT molecular complexity index is 633. The van der Waals surface area contributed by atoms with E-state index in [2.05, 4.69) is 9.97 Å². The van der Waals surface area contributed by atoms with Gasteiger partial charge >= 0.3 is 0 Å². The lowest BCUT2D eigenvalue weighted by atomic mass is 10.1. The third-order valence-corrected chi connectivity index (χ3v) is 4.61. The minimum Gasteiger partial charge on any atom is -0.396 e. The van der Waals surface area contributed by atoms with Crippen molar-refractivity contribution >= 4 is 22.6 Å². The van der Waals surface area contributed by atoms with Crippen molar-refractivity contribution in [1.29, 1.82) is 0 Å². The normalized spacial score (nSPS) is 29.3. The monoisotopic (exact) mass is 311 g/mol. The molecule has 7 heteroatoms. The minimum atomic E-state index is -0.142. The average Bonchev–Trinajstić information content (AvgIpc) is 3.07. The fraction of sp³-hybridized carbons (Fsp3) is 0.571. The van der Waals surface area contributed by atoms with Crippen molar-refractivity contribution in [2.75, 3.05) is 20.8 Å². The third-order valence-electron chi connectivity index (χ3n) is 4.31. The molecule has 2 aromatic heterocycles. The molecule has 0 radical (unpaired) electrons. The van der Waals surface area contributed by atoms with E-state index < -0.39 is 0 Å². The van der Waals surface area contributed by atoms with E-state index in [0.717, 1.165) is 17.5 Å². The van der Waals surface area contributed by atoms with Crippen LogP contribution in [-0.2, 0) is 9.47 Å². The average molecular weight is 312 g/mol. The quantitative estimate of drug-likeness (QED) is 0.870. The molecule has 0 bridgehead atoms. The molecule has 1 aliphatic carbocycles. The molecular weight excluding hydrogens is 294 g/mol. The van der Waals surface area contributed by atoms with Gasteiger partial charge in [0.05, 0.1) is 17.5 Å². The molecule has 0 aliphatic heterocycles. The number of fused-ring (bicyclic) bond motifs is 1. The van der Waals surface area contributed by atoms with E-state index >= 15 is 0 Å². The van der Waals surface area contributed by atoms with E-state index in [-0.39, 0.29) is 30.8 Å². The van der Waals surface area contributed by atoms with E-state index in [0.29, 0.717) is 5.15 Å². The summed E-state index contributed by atoms with van der Waals surface area (Å²) in [5.41, 5.74) is 0.774. The van der Waals surface area contributed by atoms with Gasteiger partial charge in [0.25, 0.3) is 0 Å².